The second-order valence-electron chi connectivity index (χ2n) is 5.34. The van der Waals surface area contributed by atoms with E-state index in [1.807, 2.05) is 0 Å². The fraction of sp³-hybridized carbons (Fsp3) is 0.846. The minimum atomic E-state index is -0.316. The summed E-state index contributed by atoms with van der Waals surface area (Å²) < 4.78 is 16.1. The highest BCUT2D eigenvalue weighted by Gasteiger charge is 2.59. The van der Waals surface area contributed by atoms with Crippen LogP contribution in [0.3, 0.4) is 0 Å². The zero-order valence-corrected chi connectivity index (χ0v) is 11.2. The van der Waals surface area contributed by atoms with E-state index < -0.39 is 0 Å². The van der Waals surface area contributed by atoms with Crippen molar-refractivity contribution in [1.29, 1.82) is 0 Å². The summed E-state index contributed by atoms with van der Waals surface area (Å²) in [5.41, 5.74) is 0. The Kier molecular flexibility index (Phi) is 3.12. The number of carbonyl (C=O) groups excluding carboxylic acids is 2. The Balaban J connectivity index is 1.79. The minimum absolute atomic E-state index is 0.0783. The molecule has 2 bridgehead atoms. The van der Waals surface area contributed by atoms with Crippen LogP contribution in [0.4, 0.5) is 4.79 Å². The minimum Gasteiger partial charge on any atom is -0.460 e. The molecule has 0 aromatic heterocycles. The summed E-state index contributed by atoms with van der Waals surface area (Å²) >= 11 is 0. The van der Waals surface area contributed by atoms with Crippen LogP contribution in [-0.4, -0.2) is 54.0 Å². The maximum absolute atomic E-state index is 12.1. The summed E-state index contributed by atoms with van der Waals surface area (Å²) in [4.78, 5) is 25.0. The van der Waals surface area contributed by atoms with Crippen molar-refractivity contribution in [1.82, 2.24) is 4.90 Å². The van der Waals surface area contributed by atoms with Crippen molar-refractivity contribution in [3.8, 4) is 0 Å². The second-order valence-corrected chi connectivity index (χ2v) is 5.34. The van der Waals surface area contributed by atoms with E-state index in [0.717, 1.165) is 19.3 Å². The number of fused-ring (bicyclic) bond motifs is 4. The number of rotatable bonds is 2. The second kappa shape index (κ2) is 4.67. The Labute approximate surface area is 112 Å². The van der Waals surface area contributed by atoms with Gasteiger partial charge in [0.15, 0.2) is 0 Å². The first kappa shape index (κ1) is 12.7. The lowest BCUT2D eigenvalue weighted by Crippen LogP contribution is -2.61. The number of esters is 1. The number of amides is 1. The Hall–Kier alpha value is -1.30. The molecule has 3 heterocycles. The van der Waals surface area contributed by atoms with Gasteiger partial charge in [0.2, 0.25) is 0 Å². The Morgan fingerprint density at radius 2 is 2.11 bits per heavy atom. The van der Waals surface area contributed by atoms with E-state index in [-0.39, 0.29) is 42.5 Å². The van der Waals surface area contributed by atoms with Gasteiger partial charge in [0.05, 0.1) is 24.8 Å². The van der Waals surface area contributed by atoms with Crippen LogP contribution in [0.1, 0.15) is 33.1 Å². The molecule has 0 aliphatic carbocycles. The molecule has 0 aromatic carbocycles. The monoisotopic (exact) mass is 269 g/mol. The van der Waals surface area contributed by atoms with E-state index >= 15 is 0 Å². The standard InChI is InChI=1S/C13H19NO5/c1-3-17-13(16)14-8-4-5-10(18-7(2)15)9(14)6-11-12(8)19-11/h8-12H,3-6H2,1-2H3. The van der Waals surface area contributed by atoms with E-state index in [0.29, 0.717) is 6.61 Å². The lowest BCUT2D eigenvalue weighted by Gasteiger charge is -2.46. The van der Waals surface area contributed by atoms with Crippen LogP contribution >= 0.6 is 0 Å². The molecular formula is C13H19NO5. The smallest absolute Gasteiger partial charge is 0.410 e. The molecular weight excluding hydrogens is 250 g/mol. The van der Waals surface area contributed by atoms with Gasteiger partial charge >= 0.3 is 12.1 Å². The molecule has 0 aromatic rings. The van der Waals surface area contributed by atoms with Crippen molar-refractivity contribution in [2.24, 2.45) is 0 Å². The first-order valence-corrected chi connectivity index (χ1v) is 6.89. The quantitative estimate of drug-likeness (QED) is 0.554. The van der Waals surface area contributed by atoms with Gasteiger partial charge in [0, 0.05) is 13.3 Å². The molecule has 0 radical (unpaired) electrons. The van der Waals surface area contributed by atoms with Crippen molar-refractivity contribution in [3.05, 3.63) is 0 Å². The van der Waals surface area contributed by atoms with Crippen molar-refractivity contribution in [3.63, 3.8) is 0 Å². The number of carbonyl (C=O) groups is 2. The summed E-state index contributed by atoms with van der Waals surface area (Å²) in [5, 5.41) is 0. The average Bonchev–Trinajstić information content (AvgIpc) is 3.10. The SMILES string of the molecule is CCOC(=O)N1C2CC3OC3C1CCC2OC(C)=O. The summed E-state index contributed by atoms with van der Waals surface area (Å²) in [6.45, 7) is 3.54. The molecule has 3 saturated heterocycles. The van der Waals surface area contributed by atoms with Crippen molar-refractivity contribution < 1.29 is 23.8 Å². The molecule has 5 atom stereocenters. The highest BCUT2D eigenvalue weighted by molar-refractivity contribution is 5.70. The molecule has 0 spiro atoms. The molecule has 3 aliphatic rings. The normalized spacial score (nSPS) is 39.3. The zero-order chi connectivity index (χ0) is 13.6. The maximum Gasteiger partial charge on any atom is 0.410 e. The number of piperidine rings is 2. The first-order valence-electron chi connectivity index (χ1n) is 6.89. The molecule has 3 rings (SSSR count). The lowest BCUT2D eigenvalue weighted by atomic mass is 9.83. The summed E-state index contributed by atoms with van der Waals surface area (Å²) in [5.74, 6) is -0.300. The van der Waals surface area contributed by atoms with E-state index in [1.165, 1.54) is 6.92 Å². The van der Waals surface area contributed by atoms with Crippen LogP contribution in [-0.2, 0) is 19.0 Å². The highest BCUT2D eigenvalue weighted by Crippen LogP contribution is 2.45. The molecule has 3 aliphatic heterocycles. The fourth-order valence-corrected chi connectivity index (χ4v) is 3.42. The Bertz CT molecular complexity index is 398. The van der Waals surface area contributed by atoms with Crippen LogP contribution in [0, 0.1) is 0 Å². The summed E-state index contributed by atoms with van der Waals surface area (Å²) in [6, 6.07) is -0.0277. The van der Waals surface area contributed by atoms with Crippen LogP contribution in [0.25, 0.3) is 0 Å². The number of epoxide rings is 1. The number of nitrogens with zero attached hydrogens (tertiary/aromatic N) is 1. The van der Waals surface area contributed by atoms with Gasteiger partial charge in [-0.2, -0.15) is 0 Å². The molecule has 106 valence electrons. The third kappa shape index (κ3) is 2.18. The molecule has 5 unspecified atom stereocenters. The average molecular weight is 269 g/mol. The van der Waals surface area contributed by atoms with Gasteiger partial charge in [0.25, 0.3) is 0 Å². The van der Waals surface area contributed by atoms with Crippen molar-refractivity contribution in [2.45, 2.75) is 63.5 Å². The number of hydrogen-bond donors (Lipinski definition) is 0. The number of hydrogen-bond acceptors (Lipinski definition) is 5. The third-order valence-electron chi connectivity index (χ3n) is 4.16. The van der Waals surface area contributed by atoms with Crippen molar-refractivity contribution in [2.75, 3.05) is 6.61 Å². The topological polar surface area (TPSA) is 68.4 Å². The molecule has 0 N–H and O–H groups in total. The highest BCUT2D eigenvalue weighted by atomic mass is 16.6. The van der Waals surface area contributed by atoms with Crippen molar-refractivity contribution >= 4 is 12.1 Å². The van der Waals surface area contributed by atoms with Gasteiger partial charge in [-0.1, -0.05) is 0 Å². The largest absolute Gasteiger partial charge is 0.460 e. The fourth-order valence-electron chi connectivity index (χ4n) is 3.42. The van der Waals surface area contributed by atoms with E-state index in [1.54, 1.807) is 11.8 Å². The predicted octanol–water partition coefficient (Wildman–Crippen LogP) is 1.08. The summed E-state index contributed by atoms with van der Waals surface area (Å²) in [7, 11) is 0. The molecule has 0 saturated carbocycles. The molecule has 1 amide bonds. The van der Waals surface area contributed by atoms with Gasteiger partial charge < -0.3 is 14.2 Å². The van der Waals surface area contributed by atoms with Crippen LogP contribution in [0.15, 0.2) is 0 Å². The third-order valence-corrected chi connectivity index (χ3v) is 4.16. The van der Waals surface area contributed by atoms with Gasteiger partial charge in [-0.15, -0.1) is 0 Å². The van der Waals surface area contributed by atoms with Gasteiger partial charge in [-0.25, -0.2) is 4.79 Å². The van der Waals surface area contributed by atoms with E-state index in [4.69, 9.17) is 14.2 Å². The van der Waals surface area contributed by atoms with Crippen LogP contribution in [0.5, 0.6) is 0 Å². The van der Waals surface area contributed by atoms with Crippen LogP contribution in [0.2, 0.25) is 0 Å². The molecule has 6 heteroatoms. The summed E-state index contributed by atoms with van der Waals surface area (Å²) in [6.07, 6.45) is 2.15. The predicted molar refractivity (Wildman–Crippen MR) is 64.5 cm³/mol. The molecule has 6 nitrogen and oxygen atoms in total. The Morgan fingerprint density at radius 1 is 1.32 bits per heavy atom. The zero-order valence-electron chi connectivity index (χ0n) is 11.2. The Morgan fingerprint density at radius 3 is 2.79 bits per heavy atom. The van der Waals surface area contributed by atoms with Gasteiger partial charge in [0.1, 0.15) is 12.2 Å². The van der Waals surface area contributed by atoms with Gasteiger partial charge in [-0.3, -0.25) is 9.69 Å². The maximum atomic E-state index is 12.1. The first-order chi connectivity index (χ1) is 9.11. The van der Waals surface area contributed by atoms with Crippen LogP contribution < -0.4 is 0 Å². The molecule has 3 fully saturated rings. The number of ether oxygens (including phenoxy) is 3. The van der Waals surface area contributed by atoms with E-state index in [9.17, 15) is 9.59 Å². The van der Waals surface area contributed by atoms with Gasteiger partial charge in [-0.05, 0) is 19.8 Å². The lowest BCUT2D eigenvalue weighted by molar-refractivity contribution is -0.154. The molecule has 19 heavy (non-hydrogen) atoms. The van der Waals surface area contributed by atoms with E-state index in [2.05, 4.69) is 0 Å².